The Hall–Kier alpha value is -2.08. The van der Waals surface area contributed by atoms with Gasteiger partial charge in [0.25, 0.3) is 0 Å². The molecule has 0 radical (unpaired) electrons. The highest BCUT2D eigenvalue weighted by Gasteiger charge is 2.17. The number of aryl methyl sites for hydroxylation is 1. The Morgan fingerprint density at radius 2 is 2.14 bits per heavy atom. The molecule has 2 heterocycles. The standard InChI is InChI=1S/C15H20N4O2/c1-18-12-6-2-3-7-13(12)19(15(18)21)10-14(20)17-11-5-4-8-16-9-11/h2-3,6-7,11,16H,4-5,8-10H2,1H3,(H,17,20)/t11-/m0/s1. The van der Waals surface area contributed by atoms with Gasteiger partial charge in [0.2, 0.25) is 5.91 Å². The van der Waals surface area contributed by atoms with Crippen LogP contribution in [-0.4, -0.2) is 34.2 Å². The van der Waals surface area contributed by atoms with Crippen LogP contribution in [0, 0.1) is 0 Å². The van der Waals surface area contributed by atoms with Crippen LogP contribution < -0.4 is 16.3 Å². The lowest BCUT2D eigenvalue weighted by Crippen LogP contribution is -2.47. The summed E-state index contributed by atoms with van der Waals surface area (Å²) in [4.78, 5) is 24.4. The fraction of sp³-hybridized carbons (Fsp3) is 0.467. The summed E-state index contributed by atoms with van der Waals surface area (Å²) in [6.07, 6.45) is 2.06. The molecule has 6 nitrogen and oxygen atoms in total. The third-order valence-corrected chi connectivity index (χ3v) is 4.02. The minimum absolute atomic E-state index is 0.0662. The van der Waals surface area contributed by atoms with E-state index in [1.807, 2.05) is 24.3 Å². The maximum atomic E-state index is 12.2. The smallest absolute Gasteiger partial charge is 0.329 e. The normalized spacial score (nSPS) is 18.8. The molecule has 1 aromatic carbocycles. The van der Waals surface area contributed by atoms with Crippen LogP contribution in [0.5, 0.6) is 0 Å². The second kappa shape index (κ2) is 5.73. The first-order valence-corrected chi connectivity index (χ1v) is 7.31. The van der Waals surface area contributed by atoms with Gasteiger partial charge in [-0.15, -0.1) is 0 Å². The van der Waals surface area contributed by atoms with Crippen LogP contribution in [0.2, 0.25) is 0 Å². The molecule has 0 aliphatic carbocycles. The number of fused-ring (bicyclic) bond motifs is 1. The van der Waals surface area contributed by atoms with Gasteiger partial charge < -0.3 is 10.6 Å². The van der Waals surface area contributed by atoms with Crippen LogP contribution in [0.15, 0.2) is 29.1 Å². The van der Waals surface area contributed by atoms with Gasteiger partial charge in [-0.1, -0.05) is 12.1 Å². The van der Waals surface area contributed by atoms with Crippen LogP contribution in [0.4, 0.5) is 0 Å². The van der Waals surface area contributed by atoms with Gasteiger partial charge >= 0.3 is 5.69 Å². The second-order valence-electron chi connectivity index (χ2n) is 5.53. The molecule has 0 saturated carbocycles. The predicted molar refractivity (Wildman–Crippen MR) is 81.2 cm³/mol. The van der Waals surface area contributed by atoms with Crippen molar-refractivity contribution in [2.75, 3.05) is 13.1 Å². The van der Waals surface area contributed by atoms with Gasteiger partial charge in [-0.2, -0.15) is 0 Å². The van der Waals surface area contributed by atoms with Crippen molar-refractivity contribution in [3.8, 4) is 0 Å². The maximum Gasteiger partial charge on any atom is 0.329 e. The van der Waals surface area contributed by atoms with Crippen LogP contribution in [0.1, 0.15) is 12.8 Å². The van der Waals surface area contributed by atoms with Gasteiger partial charge in [-0.05, 0) is 31.5 Å². The third kappa shape index (κ3) is 2.71. The third-order valence-electron chi connectivity index (χ3n) is 4.02. The van der Waals surface area contributed by atoms with Crippen molar-refractivity contribution in [1.82, 2.24) is 19.8 Å². The molecule has 3 rings (SSSR count). The highest BCUT2D eigenvalue weighted by Crippen LogP contribution is 2.11. The van der Waals surface area contributed by atoms with Crippen molar-refractivity contribution in [2.45, 2.75) is 25.4 Å². The predicted octanol–water partition coefficient (Wildman–Crippen LogP) is 0.208. The number of para-hydroxylation sites is 2. The van der Waals surface area contributed by atoms with E-state index in [9.17, 15) is 9.59 Å². The van der Waals surface area contributed by atoms with Crippen molar-refractivity contribution < 1.29 is 4.79 Å². The lowest BCUT2D eigenvalue weighted by molar-refractivity contribution is -0.122. The number of imidazole rings is 1. The van der Waals surface area contributed by atoms with Gasteiger partial charge in [0.15, 0.2) is 0 Å². The number of hydrogen-bond acceptors (Lipinski definition) is 3. The van der Waals surface area contributed by atoms with Crippen molar-refractivity contribution in [1.29, 1.82) is 0 Å². The summed E-state index contributed by atoms with van der Waals surface area (Å²) in [6, 6.07) is 7.68. The van der Waals surface area contributed by atoms with Crippen LogP contribution >= 0.6 is 0 Å². The monoisotopic (exact) mass is 288 g/mol. The summed E-state index contributed by atoms with van der Waals surface area (Å²) >= 11 is 0. The minimum atomic E-state index is -0.159. The Morgan fingerprint density at radius 3 is 2.86 bits per heavy atom. The van der Waals surface area contributed by atoms with E-state index in [2.05, 4.69) is 10.6 Å². The maximum absolute atomic E-state index is 12.2. The number of carbonyl (C=O) groups is 1. The molecule has 112 valence electrons. The SMILES string of the molecule is Cn1c(=O)n(CC(=O)N[C@H]2CCCNC2)c2ccccc21. The number of nitrogens with one attached hydrogen (secondary N) is 2. The number of nitrogens with zero attached hydrogens (tertiary/aromatic N) is 2. The molecule has 1 aliphatic rings. The fourth-order valence-electron chi connectivity index (χ4n) is 2.91. The summed E-state index contributed by atoms with van der Waals surface area (Å²) in [7, 11) is 1.73. The quantitative estimate of drug-likeness (QED) is 0.848. The van der Waals surface area contributed by atoms with Crippen molar-refractivity contribution in [2.24, 2.45) is 7.05 Å². The van der Waals surface area contributed by atoms with Crippen LogP contribution in [-0.2, 0) is 18.4 Å². The van der Waals surface area contributed by atoms with E-state index < -0.39 is 0 Å². The topological polar surface area (TPSA) is 68.1 Å². The largest absolute Gasteiger partial charge is 0.351 e. The molecular formula is C15H20N4O2. The van der Waals surface area contributed by atoms with Crippen molar-refractivity contribution in [3.63, 3.8) is 0 Å². The lowest BCUT2D eigenvalue weighted by atomic mass is 10.1. The van der Waals surface area contributed by atoms with Crippen LogP contribution in [0.3, 0.4) is 0 Å². The highest BCUT2D eigenvalue weighted by atomic mass is 16.2. The summed E-state index contributed by atoms with van der Waals surface area (Å²) in [5, 5.41) is 6.26. The molecule has 2 aromatic rings. The zero-order valence-corrected chi connectivity index (χ0v) is 12.1. The van der Waals surface area contributed by atoms with E-state index in [-0.39, 0.29) is 24.2 Å². The Kier molecular flexibility index (Phi) is 3.79. The molecule has 1 saturated heterocycles. The number of benzene rings is 1. The van der Waals surface area contributed by atoms with Gasteiger partial charge in [0.1, 0.15) is 6.54 Å². The van der Waals surface area contributed by atoms with Gasteiger partial charge in [0.05, 0.1) is 11.0 Å². The van der Waals surface area contributed by atoms with E-state index in [0.29, 0.717) is 0 Å². The first-order chi connectivity index (χ1) is 10.2. The lowest BCUT2D eigenvalue weighted by Gasteiger charge is -2.23. The van der Waals surface area contributed by atoms with E-state index >= 15 is 0 Å². The average molecular weight is 288 g/mol. The number of carbonyl (C=O) groups excluding carboxylic acids is 1. The van der Waals surface area contributed by atoms with Crippen molar-refractivity contribution in [3.05, 3.63) is 34.7 Å². The molecule has 1 aliphatic heterocycles. The molecule has 1 amide bonds. The molecule has 0 spiro atoms. The fourth-order valence-corrected chi connectivity index (χ4v) is 2.91. The summed E-state index contributed by atoms with van der Waals surface area (Å²) in [5.41, 5.74) is 1.48. The number of piperidine rings is 1. The summed E-state index contributed by atoms with van der Waals surface area (Å²) < 4.78 is 3.10. The summed E-state index contributed by atoms with van der Waals surface area (Å²) in [6.45, 7) is 1.88. The van der Waals surface area contributed by atoms with E-state index in [4.69, 9.17) is 0 Å². The summed E-state index contributed by atoms with van der Waals surface area (Å²) in [5.74, 6) is -0.109. The first-order valence-electron chi connectivity index (χ1n) is 7.31. The number of hydrogen-bond donors (Lipinski definition) is 2. The van der Waals surface area contributed by atoms with Crippen molar-refractivity contribution >= 4 is 16.9 Å². The number of aromatic nitrogens is 2. The van der Waals surface area contributed by atoms with Crippen LogP contribution in [0.25, 0.3) is 11.0 Å². The minimum Gasteiger partial charge on any atom is -0.351 e. The number of rotatable bonds is 3. The molecule has 1 aromatic heterocycles. The van der Waals surface area contributed by atoms with Gasteiger partial charge in [-0.25, -0.2) is 4.79 Å². The molecule has 2 N–H and O–H groups in total. The van der Waals surface area contributed by atoms with E-state index in [0.717, 1.165) is 37.0 Å². The van der Waals surface area contributed by atoms with E-state index in [1.165, 1.54) is 4.57 Å². The Bertz CT molecular complexity index is 710. The highest BCUT2D eigenvalue weighted by molar-refractivity contribution is 5.81. The molecular weight excluding hydrogens is 268 g/mol. The molecule has 0 bridgehead atoms. The molecule has 0 unspecified atom stereocenters. The Labute approximate surface area is 122 Å². The molecule has 1 fully saturated rings. The molecule has 21 heavy (non-hydrogen) atoms. The molecule has 1 atom stereocenters. The van der Waals surface area contributed by atoms with Gasteiger partial charge in [0, 0.05) is 19.6 Å². The zero-order valence-electron chi connectivity index (χ0n) is 12.1. The zero-order chi connectivity index (χ0) is 14.8. The van der Waals surface area contributed by atoms with E-state index in [1.54, 1.807) is 11.6 Å². The Balaban J connectivity index is 1.80. The Morgan fingerprint density at radius 1 is 1.38 bits per heavy atom. The first kappa shape index (κ1) is 13.9. The molecule has 6 heteroatoms. The van der Waals surface area contributed by atoms with Gasteiger partial charge in [-0.3, -0.25) is 13.9 Å². The number of amides is 1. The average Bonchev–Trinajstić information content (AvgIpc) is 2.74. The second-order valence-corrected chi connectivity index (χ2v) is 5.53.